The van der Waals surface area contributed by atoms with Gasteiger partial charge in [-0.2, -0.15) is 0 Å². The molecule has 2 heteroatoms. The first kappa shape index (κ1) is 23.7. The van der Waals surface area contributed by atoms with Crippen LogP contribution in [0.4, 0.5) is 0 Å². The van der Waals surface area contributed by atoms with Crippen LogP contribution in [0.25, 0.3) is 10.8 Å². The van der Waals surface area contributed by atoms with Crippen LogP contribution in [-0.2, 0) is 0 Å². The van der Waals surface area contributed by atoms with E-state index in [1.165, 1.54) is 10.8 Å². The van der Waals surface area contributed by atoms with Gasteiger partial charge in [0.05, 0.1) is 0 Å². The summed E-state index contributed by atoms with van der Waals surface area (Å²) >= 11 is 0. The molecule has 0 amide bonds. The predicted molar refractivity (Wildman–Crippen MR) is 96.1 cm³/mol. The lowest BCUT2D eigenvalue weighted by molar-refractivity contribution is 1.14. The molecule has 0 aliphatic carbocycles. The Kier molecular flexibility index (Phi) is 27.0. The zero-order valence-corrected chi connectivity index (χ0v) is 14.2. The fraction of sp³-hybridized carbons (Fsp3) is 0.444. The molecule has 0 aromatic heterocycles. The zero-order valence-electron chi connectivity index (χ0n) is 14.2. The number of rotatable bonds is 0. The van der Waals surface area contributed by atoms with Gasteiger partial charge in [-0.1, -0.05) is 90.1 Å². The van der Waals surface area contributed by atoms with Crippen molar-refractivity contribution in [2.24, 2.45) is 11.5 Å². The molecule has 2 nitrogen and oxygen atoms in total. The van der Waals surface area contributed by atoms with E-state index in [-0.39, 0.29) is 0 Å². The molecule has 0 fully saturated rings. The van der Waals surface area contributed by atoms with E-state index in [0.29, 0.717) is 0 Å². The highest BCUT2D eigenvalue weighted by Crippen LogP contribution is 2.11. The topological polar surface area (TPSA) is 52.0 Å². The molecule has 2 rings (SSSR count). The molecule has 20 heavy (non-hydrogen) atoms. The average molecular weight is 278 g/mol. The van der Waals surface area contributed by atoms with Crippen molar-refractivity contribution in [2.45, 2.75) is 41.5 Å². The second-order valence-corrected chi connectivity index (χ2v) is 3.16. The Bertz CT molecular complexity index is 305. The summed E-state index contributed by atoms with van der Waals surface area (Å²) in [7, 11) is 0. The fourth-order valence-corrected chi connectivity index (χ4v) is 1.13. The lowest BCUT2D eigenvalue weighted by Gasteiger charge is -1.92. The van der Waals surface area contributed by atoms with Crippen LogP contribution in [0.5, 0.6) is 0 Å². The molecule has 0 aliphatic heterocycles. The summed E-state index contributed by atoms with van der Waals surface area (Å²) in [6.45, 7) is 13.3. The van der Waals surface area contributed by atoms with Crippen molar-refractivity contribution in [2.75, 3.05) is 13.1 Å². The molecule has 116 valence electrons. The van der Waals surface area contributed by atoms with E-state index in [2.05, 4.69) is 48.5 Å². The van der Waals surface area contributed by atoms with Crippen LogP contribution in [0.1, 0.15) is 41.5 Å². The first-order valence-electron chi connectivity index (χ1n) is 7.64. The van der Waals surface area contributed by atoms with Gasteiger partial charge < -0.3 is 11.5 Å². The quantitative estimate of drug-likeness (QED) is 0.725. The molecule has 0 heterocycles. The molecule has 2 aromatic carbocycles. The maximum Gasteiger partial charge on any atom is -0.0106 e. The fourth-order valence-electron chi connectivity index (χ4n) is 1.13. The van der Waals surface area contributed by atoms with Gasteiger partial charge in [0, 0.05) is 0 Å². The molecular formula is C18H34N2. The number of hydrogen-bond acceptors (Lipinski definition) is 2. The summed E-state index contributed by atoms with van der Waals surface area (Å²) in [6, 6.07) is 16.7. The number of fused-ring (bicyclic) bond motifs is 1. The Morgan fingerprint density at radius 1 is 0.600 bits per heavy atom. The van der Waals surface area contributed by atoms with Crippen LogP contribution >= 0.6 is 0 Å². The molecule has 0 radical (unpaired) electrons. The van der Waals surface area contributed by atoms with Gasteiger partial charge in [0.25, 0.3) is 0 Å². The van der Waals surface area contributed by atoms with Crippen molar-refractivity contribution < 1.29 is 0 Å². The number of hydrogen-bond donors (Lipinski definition) is 2. The lowest BCUT2D eigenvalue weighted by atomic mass is 10.1. The summed E-state index contributed by atoms with van der Waals surface area (Å²) in [5.41, 5.74) is 9.69. The van der Waals surface area contributed by atoms with Crippen molar-refractivity contribution in [3.8, 4) is 0 Å². The van der Waals surface area contributed by atoms with Gasteiger partial charge in [0.15, 0.2) is 0 Å². The van der Waals surface area contributed by atoms with Crippen molar-refractivity contribution >= 4 is 10.8 Å². The standard InChI is InChI=1S/C10H8.2C2H7N.2C2H6/c1-2-6-10-8-4-3-7-9(10)5-1;2*1-2-3;2*1-2/h1-8H;2*2-3H2,1H3;2*1-2H3. The summed E-state index contributed by atoms with van der Waals surface area (Å²) in [5, 5.41) is 2.62. The second kappa shape index (κ2) is 22.8. The molecule has 2 aromatic rings. The third kappa shape index (κ3) is 14.7. The minimum atomic E-state index is 0.750. The van der Waals surface area contributed by atoms with E-state index in [1.807, 2.05) is 41.5 Å². The molecule has 0 unspecified atom stereocenters. The van der Waals surface area contributed by atoms with Gasteiger partial charge in [-0.25, -0.2) is 0 Å². The maximum atomic E-state index is 4.85. The van der Waals surface area contributed by atoms with Crippen LogP contribution in [0.15, 0.2) is 48.5 Å². The Balaban J connectivity index is -0.000000246. The van der Waals surface area contributed by atoms with Crippen molar-refractivity contribution in [3.05, 3.63) is 48.5 Å². The van der Waals surface area contributed by atoms with Crippen molar-refractivity contribution in [1.82, 2.24) is 0 Å². The summed E-state index contributed by atoms with van der Waals surface area (Å²) in [5.74, 6) is 0. The molecule has 0 saturated heterocycles. The minimum Gasteiger partial charge on any atom is -0.331 e. The molecular weight excluding hydrogens is 244 g/mol. The molecule has 4 N–H and O–H groups in total. The molecule has 0 atom stereocenters. The highest BCUT2D eigenvalue weighted by atomic mass is 14.5. The molecule has 0 bridgehead atoms. The third-order valence-corrected chi connectivity index (χ3v) is 1.66. The smallest absolute Gasteiger partial charge is 0.0106 e. The van der Waals surface area contributed by atoms with Crippen LogP contribution in [-0.4, -0.2) is 13.1 Å². The van der Waals surface area contributed by atoms with E-state index in [0.717, 1.165) is 13.1 Å². The first-order valence-corrected chi connectivity index (χ1v) is 7.64. The average Bonchev–Trinajstić information content (AvgIpc) is 2.53. The highest BCUT2D eigenvalue weighted by molar-refractivity contribution is 5.81. The first-order chi connectivity index (χ1) is 9.79. The van der Waals surface area contributed by atoms with E-state index >= 15 is 0 Å². The summed E-state index contributed by atoms with van der Waals surface area (Å²) in [4.78, 5) is 0. The number of nitrogens with two attached hydrogens (primary N) is 2. The number of benzene rings is 2. The van der Waals surface area contributed by atoms with Crippen molar-refractivity contribution in [3.63, 3.8) is 0 Å². The van der Waals surface area contributed by atoms with E-state index in [1.54, 1.807) is 0 Å². The van der Waals surface area contributed by atoms with Gasteiger partial charge in [-0.05, 0) is 23.9 Å². The van der Waals surface area contributed by atoms with E-state index < -0.39 is 0 Å². The molecule has 0 aliphatic rings. The lowest BCUT2D eigenvalue weighted by Crippen LogP contribution is -1.87. The van der Waals surface area contributed by atoms with E-state index in [9.17, 15) is 0 Å². The van der Waals surface area contributed by atoms with Crippen LogP contribution in [0.3, 0.4) is 0 Å². The molecule has 0 saturated carbocycles. The van der Waals surface area contributed by atoms with Gasteiger partial charge in [0.2, 0.25) is 0 Å². The minimum absolute atomic E-state index is 0.750. The largest absolute Gasteiger partial charge is 0.331 e. The van der Waals surface area contributed by atoms with Crippen LogP contribution in [0, 0.1) is 0 Å². The van der Waals surface area contributed by atoms with Gasteiger partial charge in [-0.3, -0.25) is 0 Å². The summed E-state index contributed by atoms with van der Waals surface area (Å²) < 4.78 is 0. The SMILES string of the molecule is CC.CC.CCN.CCN.c1ccc2ccccc2c1. The normalized spacial score (nSPS) is 7.40. The Morgan fingerprint density at radius 3 is 0.900 bits per heavy atom. The zero-order chi connectivity index (χ0) is 16.2. The monoisotopic (exact) mass is 278 g/mol. The Morgan fingerprint density at radius 2 is 0.750 bits per heavy atom. The Hall–Kier alpha value is -1.38. The second-order valence-electron chi connectivity index (χ2n) is 3.16. The van der Waals surface area contributed by atoms with Crippen LogP contribution in [0.2, 0.25) is 0 Å². The van der Waals surface area contributed by atoms with Gasteiger partial charge in [-0.15, -0.1) is 0 Å². The summed E-state index contributed by atoms with van der Waals surface area (Å²) in [6.07, 6.45) is 0. The third-order valence-electron chi connectivity index (χ3n) is 1.66. The van der Waals surface area contributed by atoms with Crippen molar-refractivity contribution in [1.29, 1.82) is 0 Å². The van der Waals surface area contributed by atoms with Gasteiger partial charge in [0.1, 0.15) is 0 Å². The highest BCUT2D eigenvalue weighted by Gasteiger charge is 1.85. The Labute approximate surface area is 126 Å². The van der Waals surface area contributed by atoms with E-state index in [4.69, 9.17) is 11.5 Å². The maximum absolute atomic E-state index is 4.85. The van der Waals surface area contributed by atoms with Crippen LogP contribution < -0.4 is 11.5 Å². The molecule has 0 spiro atoms. The predicted octanol–water partition coefficient (Wildman–Crippen LogP) is 4.82. The van der Waals surface area contributed by atoms with Gasteiger partial charge >= 0.3 is 0 Å².